The summed E-state index contributed by atoms with van der Waals surface area (Å²) in [5, 5.41) is 2.32. The van der Waals surface area contributed by atoms with Gasteiger partial charge in [0.2, 0.25) is 0 Å². The van der Waals surface area contributed by atoms with Crippen LogP contribution in [-0.2, 0) is 0 Å². The lowest BCUT2D eigenvalue weighted by molar-refractivity contribution is 0.113. The molecule has 0 aromatic heterocycles. The number of hydrogen-bond acceptors (Lipinski definition) is 3. The van der Waals surface area contributed by atoms with Crippen LogP contribution in [0.4, 0.5) is 0 Å². The topological polar surface area (TPSA) is 41.3 Å². The van der Waals surface area contributed by atoms with Gasteiger partial charge in [0.1, 0.15) is 0 Å². The molecule has 0 saturated heterocycles. The van der Waals surface area contributed by atoms with Gasteiger partial charge in [-0.15, -0.1) is 0 Å². The third-order valence-electron chi connectivity index (χ3n) is 2.56. The number of nitrogens with two attached hydrogens (primary N) is 1. The van der Waals surface area contributed by atoms with E-state index in [0.717, 1.165) is 6.54 Å². The van der Waals surface area contributed by atoms with Crippen molar-refractivity contribution >= 4 is 0 Å². The van der Waals surface area contributed by atoms with E-state index in [0.29, 0.717) is 12.7 Å². The molecule has 0 bridgehead atoms. The zero-order chi connectivity index (χ0) is 10.8. The first-order valence-electron chi connectivity index (χ1n) is 6.00. The van der Waals surface area contributed by atoms with Crippen molar-refractivity contribution in [3.05, 3.63) is 0 Å². The third-order valence-corrected chi connectivity index (χ3v) is 2.56. The number of nitrogens with zero attached hydrogens (tertiary/aromatic N) is 1. The number of hydrazine groups is 1. The van der Waals surface area contributed by atoms with Gasteiger partial charge in [-0.2, -0.15) is 0 Å². The van der Waals surface area contributed by atoms with Gasteiger partial charge < -0.3 is 5.73 Å². The zero-order valence-corrected chi connectivity index (χ0v) is 10.1. The predicted molar refractivity (Wildman–Crippen MR) is 62.8 cm³/mol. The van der Waals surface area contributed by atoms with Crippen LogP contribution in [0.2, 0.25) is 0 Å². The molecule has 0 amide bonds. The molecule has 0 heterocycles. The SMILES string of the molecule is CCCCC(CC)N(CCC)NCN. The second kappa shape index (κ2) is 9.44. The zero-order valence-electron chi connectivity index (χ0n) is 10.1. The molecule has 0 spiro atoms. The van der Waals surface area contributed by atoms with Crippen LogP contribution in [0.5, 0.6) is 0 Å². The molecule has 0 rings (SSSR count). The van der Waals surface area contributed by atoms with Gasteiger partial charge in [0.05, 0.1) is 6.67 Å². The molecule has 86 valence electrons. The smallest absolute Gasteiger partial charge is 0.0567 e. The summed E-state index contributed by atoms with van der Waals surface area (Å²) < 4.78 is 0. The molecule has 1 unspecified atom stereocenters. The third kappa shape index (κ3) is 5.58. The number of rotatable bonds is 9. The maximum atomic E-state index is 5.53. The summed E-state index contributed by atoms with van der Waals surface area (Å²) in [5.41, 5.74) is 8.78. The first kappa shape index (κ1) is 13.9. The average molecular weight is 201 g/mol. The summed E-state index contributed by atoms with van der Waals surface area (Å²) in [6.07, 6.45) is 6.24. The molecular formula is C11H27N3. The molecule has 0 aromatic rings. The number of nitrogens with one attached hydrogen (secondary N) is 1. The number of hydrogen-bond donors (Lipinski definition) is 2. The van der Waals surface area contributed by atoms with E-state index in [4.69, 9.17) is 5.73 Å². The second-order valence-electron chi connectivity index (χ2n) is 3.76. The number of unbranched alkanes of at least 4 members (excludes halogenated alkanes) is 1. The van der Waals surface area contributed by atoms with Gasteiger partial charge in [-0.25, -0.2) is 10.4 Å². The van der Waals surface area contributed by atoms with E-state index in [1.54, 1.807) is 0 Å². The van der Waals surface area contributed by atoms with Gasteiger partial charge in [0, 0.05) is 12.6 Å². The van der Waals surface area contributed by atoms with Crippen LogP contribution in [0.25, 0.3) is 0 Å². The van der Waals surface area contributed by atoms with E-state index >= 15 is 0 Å². The molecular weight excluding hydrogens is 174 g/mol. The maximum absolute atomic E-state index is 5.53. The average Bonchev–Trinajstić information content (AvgIpc) is 2.19. The van der Waals surface area contributed by atoms with Crippen LogP contribution < -0.4 is 11.2 Å². The monoisotopic (exact) mass is 201 g/mol. The summed E-state index contributed by atoms with van der Waals surface area (Å²) >= 11 is 0. The van der Waals surface area contributed by atoms with Gasteiger partial charge in [-0.05, 0) is 19.3 Å². The van der Waals surface area contributed by atoms with Crippen molar-refractivity contribution in [2.75, 3.05) is 13.2 Å². The molecule has 0 radical (unpaired) electrons. The van der Waals surface area contributed by atoms with E-state index in [2.05, 4.69) is 31.2 Å². The Morgan fingerprint density at radius 3 is 2.36 bits per heavy atom. The summed E-state index contributed by atoms with van der Waals surface area (Å²) in [5.74, 6) is 0. The van der Waals surface area contributed by atoms with Crippen molar-refractivity contribution in [3.8, 4) is 0 Å². The van der Waals surface area contributed by atoms with Crippen LogP contribution in [-0.4, -0.2) is 24.3 Å². The summed E-state index contributed by atoms with van der Waals surface area (Å²) in [6, 6.07) is 0.651. The molecule has 0 aliphatic heterocycles. The summed E-state index contributed by atoms with van der Waals surface area (Å²) in [6.45, 7) is 8.34. The maximum Gasteiger partial charge on any atom is 0.0567 e. The first-order chi connectivity index (χ1) is 6.79. The molecule has 3 nitrogen and oxygen atoms in total. The highest BCUT2D eigenvalue weighted by molar-refractivity contribution is 4.66. The first-order valence-corrected chi connectivity index (χ1v) is 6.00. The Morgan fingerprint density at radius 1 is 1.21 bits per heavy atom. The van der Waals surface area contributed by atoms with Crippen LogP contribution >= 0.6 is 0 Å². The van der Waals surface area contributed by atoms with Crippen molar-refractivity contribution in [2.45, 2.75) is 58.9 Å². The van der Waals surface area contributed by atoms with E-state index in [1.807, 2.05) is 0 Å². The van der Waals surface area contributed by atoms with E-state index in [9.17, 15) is 0 Å². The molecule has 0 aliphatic carbocycles. The normalized spacial score (nSPS) is 13.5. The van der Waals surface area contributed by atoms with Crippen LogP contribution in [0.15, 0.2) is 0 Å². The van der Waals surface area contributed by atoms with Crippen molar-refractivity contribution < 1.29 is 0 Å². The Morgan fingerprint density at radius 2 is 1.93 bits per heavy atom. The fraction of sp³-hybridized carbons (Fsp3) is 1.00. The van der Waals surface area contributed by atoms with Gasteiger partial charge in [-0.3, -0.25) is 0 Å². The highest BCUT2D eigenvalue weighted by Gasteiger charge is 2.14. The second-order valence-corrected chi connectivity index (χ2v) is 3.76. The quantitative estimate of drug-likeness (QED) is 0.443. The van der Waals surface area contributed by atoms with Crippen molar-refractivity contribution in [2.24, 2.45) is 5.73 Å². The Kier molecular flexibility index (Phi) is 9.35. The highest BCUT2D eigenvalue weighted by Crippen LogP contribution is 2.10. The Hall–Kier alpha value is -0.120. The molecule has 1 atom stereocenters. The molecule has 0 saturated carbocycles. The fourth-order valence-corrected chi connectivity index (χ4v) is 1.77. The molecule has 3 heteroatoms. The van der Waals surface area contributed by atoms with Gasteiger partial charge in [0.25, 0.3) is 0 Å². The minimum atomic E-state index is 0.544. The molecule has 3 N–H and O–H groups in total. The van der Waals surface area contributed by atoms with Crippen molar-refractivity contribution in [1.29, 1.82) is 0 Å². The molecule has 0 aromatic carbocycles. The molecule has 0 fully saturated rings. The van der Waals surface area contributed by atoms with E-state index < -0.39 is 0 Å². The van der Waals surface area contributed by atoms with Crippen molar-refractivity contribution in [1.82, 2.24) is 10.4 Å². The van der Waals surface area contributed by atoms with E-state index in [-0.39, 0.29) is 0 Å². The molecule has 0 aliphatic rings. The Bertz CT molecular complexity index is 111. The predicted octanol–water partition coefficient (Wildman–Crippen LogP) is 2.09. The van der Waals surface area contributed by atoms with Gasteiger partial charge in [-0.1, -0.05) is 33.6 Å². The van der Waals surface area contributed by atoms with E-state index in [1.165, 1.54) is 32.1 Å². The van der Waals surface area contributed by atoms with Crippen LogP contribution in [0.3, 0.4) is 0 Å². The lowest BCUT2D eigenvalue weighted by Gasteiger charge is -2.30. The van der Waals surface area contributed by atoms with Crippen LogP contribution in [0, 0.1) is 0 Å². The van der Waals surface area contributed by atoms with Gasteiger partial charge in [0.15, 0.2) is 0 Å². The molecule has 14 heavy (non-hydrogen) atoms. The standard InChI is InChI=1S/C11H27N3/c1-4-7-8-11(6-3)14(9-5-2)13-10-12/h11,13H,4-10,12H2,1-3H3. The summed E-state index contributed by atoms with van der Waals surface area (Å²) in [7, 11) is 0. The Balaban J connectivity index is 3.96. The lowest BCUT2D eigenvalue weighted by atomic mass is 10.1. The highest BCUT2D eigenvalue weighted by atomic mass is 15.5. The van der Waals surface area contributed by atoms with Crippen LogP contribution in [0.1, 0.15) is 52.9 Å². The minimum absolute atomic E-state index is 0.544. The lowest BCUT2D eigenvalue weighted by Crippen LogP contribution is -2.48. The fourth-order valence-electron chi connectivity index (χ4n) is 1.77. The van der Waals surface area contributed by atoms with Gasteiger partial charge >= 0.3 is 0 Å². The largest absolute Gasteiger partial charge is 0.317 e. The minimum Gasteiger partial charge on any atom is -0.317 e. The summed E-state index contributed by atoms with van der Waals surface area (Å²) in [4.78, 5) is 0. The Labute approximate surface area is 89.0 Å². The van der Waals surface area contributed by atoms with Crippen molar-refractivity contribution in [3.63, 3.8) is 0 Å².